The van der Waals surface area contributed by atoms with Crippen LogP contribution < -0.4 is 20.5 Å². The van der Waals surface area contributed by atoms with E-state index >= 15 is 0 Å². The van der Waals surface area contributed by atoms with Crippen molar-refractivity contribution in [1.82, 2.24) is 20.1 Å². The smallest absolute Gasteiger partial charge is 0.410 e. The third kappa shape index (κ3) is 10.8. The minimum atomic E-state index is -1.06. The van der Waals surface area contributed by atoms with Gasteiger partial charge < -0.3 is 40.0 Å². The molecule has 4 aromatic carbocycles. The molecule has 0 spiro atoms. The molecule has 7 rings (SSSR count). The molecule has 3 heterocycles. The van der Waals surface area contributed by atoms with Gasteiger partial charge >= 0.3 is 6.09 Å². The van der Waals surface area contributed by atoms with Gasteiger partial charge in [0.2, 0.25) is 5.91 Å². The second-order valence-electron chi connectivity index (χ2n) is 15.6. The fourth-order valence-corrected chi connectivity index (χ4v) is 7.12. The predicted molar refractivity (Wildman–Crippen MR) is 225 cm³/mol. The molecule has 1 aromatic heterocycles. The SMILES string of the molecule is COCOc1ccc2c(c1)CN(C(=O)OC(C)(C)C)[C@H]([C@H](O)CNC(=O)c1ccc3c(c1)CCN(C(=O)c1ccc(OC)cc1)C3)C2.NC(=O)c1ccc2cnccc2c1. The Morgan fingerprint density at radius 1 is 0.833 bits per heavy atom. The van der Waals surface area contributed by atoms with Gasteiger partial charge in [0.1, 0.15) is 17.1 Å². The summed E-state index contributed by atoms with van der Waals surface area (Å²) in [5.41, 5.74) is 9.86. The molecular weight excluding hydrogens is 767 g/mol. The van der Waals surface area contributed by atoms with Gasteiger partial charge in [-0.25, -0.2) is 4.79 Å². The number of benzene rings is 4. The fraction of sp³-hybridized carbons (Fsp3) is 0.326. The number of hydrogen-bond donors (Lipinski definition) is 3. The number of aliphatic hydroxyl groups is 1. The lowest BCUT2D eigenvalue weighted by atomic mass is 9.91. The minimum absolute atomic E-state index is 0.0558. The normalized spacial score (nSPS) is 15.1. The Morgan fingerprint density at radius 2 is 1.55 bits per heavy atom. The molecule has 4 amide bonds. The third-order valence-electron chi connectivity index (χ3n) is 10.3. The molecule has 2 aliphatic heterocycles. The maximum Gasteiger partial charge on any atom is 0.410 e. The zero-order valence-corrected chi connectivity index (χ0v) is 34.5. The van der Waals surface area contributed by atoms with E-state index in [1.165, 1.54) is 4.90 Å². The Balaban J connectivity index is 0.000000392. The highest BCUT2D eigenvalue weighted by Gasteiger charge is 2.37. The molecule has 0 fully saturated rings. The van der Waals surface area contributed by atoms with E-state index in [-0.39, 0.29) is 31.7 Å². The predicted octanol–water partition coefficient (Wildman–Crippen LogP) is 5.66. The second-order valence-corrected chi connectivity index (χ2v) is 15.6. The van der Waals surface area contributed by atoms with Crippen LogP contribution in [0.3, 0.4) is 0 Å². The molecule has 0 saturated carbocycles. The van der Waals surface area contributed by atoms with Crippen molar-refractivity contribution in [2.45, 2.75) is 64.4 Å². The summed E-state index contributed by atoms with van der Waals surface area (Å²) in [6.07, 6.45) is 2.83. The van der Waals surface area contributed by atoms with Crippen molar-refractivity contribution in [2.24, 2.45) is 5.73 Å². The number of carbonyl (C=O) groups excluding carboxylic acids is 4. The number of primary amides is 1. The highest BCUT2D eigenvalue weighted by atomic mass is 16.7. The number of ether oxygens (including phenoxy) is 4. The molecule has 0 saturated heterocycles. The van der Waals surface area contributed by atoms with Crippen LogP contribution in [0.25, 0.3) is 10.8 Å². The van der Waals surface area contributed by atoms with Crippen LogP contribution in [0.5, 0.6) is 11.5 Å². The number of methoxy groups -OCH3 is 2. The van der Waals surface area contributed by atoms with E-state index in [0.717, 1.165) is 33.0 Å². The summed E-state index contributed by atoms with van der Waals surface area (Å²) in [6.45, 7) is 6.61. The lowest BCUT2D eigenvalue weighted by Gasteiger charge is -2.40. The first-order valence-electron chi connectivity index (χ1n) is 19.6. The van der Waals surface area contributed by atoms with Crippen molar-refractivity contribution in [3.63, 3.8) is 0 Å². The molecule has 0 radical (unpaired) electrons. The van der Waals surface area contributed by atoms with Crippen molar-refractivity contribution in [2.75, 3.05) is 34.1 Å². The summed E-state index contributed by atoms with van der Waals surface area (Å²) in [7, 11) is 3.13. The van der Waals surface area contributed by atoms with Gasteiger partial charge in [-0.05, 0) is 128 Å². The number of hydrogen-bond acceptors (Lipinski definition) is 10. The van der Waals surface area contributed by atoms with E-state index in [9.17, 15) is 24.3 Å². The van der Waals surface area contributed by atoms with E-state index in [4.69, 9.17) is 24.7 Å². The van der Waals surface area contributed by atoms with Crippen molar-refractivity contribution in [3.05, 3.63) is 136 Å². The number of nitrogens with two attached hydrogens (primary N) is 1. The molecular formula is C46H51N5O9. The number of aromatic nitrogens is 1. The van der Waals surface area contributed by atoms with E-state index in [1.807, 2.05) is 42.5 Å². The van der Waals surface area contributed by atoms with Crippen LogP contribution in [-0.2, 0) is 35.4 Å². The summed E-state index contributed by atoms with van der Waals surface area (Å²) in [6, 6.07) is 24.6. The molecule has 4 N–H and O–H groups in total. The lowest BCUT2D eigenvalue weighted by Crippen LogP contribution is -2.54. The van der Waals surface area contributed by atoms with Crippen molar-refractivity contribution >= 4 is 34.6 Å². The first-order valence-corrected chi connectivity index (χ1v) is 19.6. The minimum Gasteiger partial charge on any atom is -0.497 e. The molecule has 2 aliphatic rings. The van der Waals surface area contributed by atoms with E-state index in [0.29, 0.717) is 54.1 Å². The average Bonchev–Trinajstić information content (AvgIpc) is 3.25. The zero-order valence-electron chi connectivity index (χ0n) is 34.5. The Bertz CT molecular complexity index is 2340. The fourth-order valence-electron chi connectivity index (χ4n) is 7.12. The Morgan fingerprint density at radius 3 is 2.27 bits per heavy atom. The van der Waals surface area contributed by atoms with Crippen molar-refractivity contribution in [1.29, 1.82) is 0 Å². The summed E-state index contributed by atoms with van der Waals surface area (Å²) in [5, 5.41) is 16.2. The highest BCUT2D eigenvalue weighted by molar-refractivity contribution is 5.97. The molecule has 314 valence electrons. The van der Waals surface area contributed by atoms with Crippen LogP contribution in [0.4, 0.5) is 4.79 Å². The van der Waals surface area contributed by atoms with Gasteiger partial charge in [0.25, 0.3) is 11.8 Å². The first-order chi connectivity index (χ1) is 28.7. The Kier molecular flexibility index (Phi) is 13.7. The maximum atomic E-state index is 13.3. The number of amides is 4. The second kappa shape index (κ2) is 19.0. The van der Waals surface area contributed by atoms with Gasteiger partial charge in [-0.3, -0.25) is 24.3 Å². The topological polar surface area (TPSA) is 183 Å². The number of nitrogens with zero attached hydrogens (tertiary/aromatic N) is 3. The van der Waals surface area contributed by atoms with Gasteiger partial charge in [0.15, 0.2) is 6.79 Å². The summed E-state index contributed by atoms with van der Waals surface area (Å²) in [5.74, 6) is 0.515. The number of fused-ring (bicyclic) bond motifs is 3. The van der Waals surface area contributed by atoms with Gasteiger partial charge in [0.05, 0.1) is 19.3 Å². The van der Waals surface area contributed by atoms with Crippen LogP contribution in [0.15, 0.2) is 97.3 Å². The van der Waals surface area contributed by atoms with Gasteiger partial charge in [-0.15, -0.1) is 0 Å². The summed E-state index contributed by atoms with van der Waals surface area (Å²) >= 11 is 0. The number of rotatable bonds is 10. The number of pyridine rings is 1. The largest absolute Gasteiger partial charge is 0.497 e. The van der Waals surface area contributed by atoms with Crippen LogP contribution in [0.1, 0.15) is 74.1 Å². The number of carbonyl (C=O) groups is 4. The standard InChI is InChI=1S/C36H43N3O8.C10H8N2O/c1-36(2,3)47-35(43)39-21-28-17-30(46-22-44-4)13-10-24(28)18-31(39)32(40)19-37-33(41)26-6-7-27-20-38(15-14-25(27)16-26)34(42)23-8-11-29(45-5)12-9-23;11-10(13)8-1-2-9-6-12-4-3-7(9)5-8/h6-13,16-17,31-32,40H,14-15,18-22H2,1-5H3,(H,37,41);1-6H,(H2,11,13)/t31-,32+;/m0./s1. The van der Waals surface area contributed by atoms with Crippen LogP contribution in [0, 0.1) is 0 Å². The number of aliphatic hydroxyl groups excluding tert-OH is 1. The van der Waals surface area contributed by atoms with Crippen molar-refractivity contribution in [3.8, 4) is 11.5 Å². The van der Waals surface area contributed by atoms with E-state index in [1.54, 1.807) is 94.7 Å². The monoisotopic (exact) mass is 817 g/mol. The summed E-state index contributed by atoms with van der Waals surface area (Å²) < 4.78 is 21.4. The van der Waals surface area contributed by atoms with Gasteiger partial charge in [-0.1, -0.05) is 18.2 Å². The Hall–Kier alpha value is -6.51. The maximum absolute atomic E-state index is 13.3. The lowest BCUT2D eigenvalue weighted by molar-refractivity contribution is -0.0114. The molecule has 14 nitrogen and oxygen atoms in total. The first kappa shape index (κ1) is 43.1. The van der Waals surface area contributed by atoms with Crippen LogP contribution in [0.2, 0.25) is 0 Å². The van der Waals surface area contributed by atoms with E-state index in [2.05, 4.69) is 10.3 Å². The van der Waals surface area contributed by atoms with Gasteiger partial charge in [-0.2, -0.15) is 0 Å². The van der Waals surface area contributed by atoms with E-state index < -0.39 is 29.7 Å². The molecule has 2 atom stereocenters. The van der Waals surface area contributed by atoms with Gasteiger partial charge in [0, 0.05) is 67.8 Å². The average molecular weight is 818 g/mol. The highest BCUT2D eigenvalue weighted by Crippen LogP contribution is 2.30. The van der Waals surface area contributed by atoms with Crippen molar-refractivity contribution < 1.29 is 43.2 Å². The summed E-state index contributed by atoms with van der Waals surface area (Å²) in [4.78, 5) is 57.7. The molecule has 5 aromatic rings. The zero-order chi connectivity index (χ0) is 43.0. The molecule has 14 heteroatoms. The molecule has 60 heavy (non-hydrogen) atoms. The molecule has 0 aliphatic carbocycles. The molecule has 0 unspecified atom stereocenters. The van der Waals surface area contributed by atoms with Crippen LogP contribution >= 0.6 is 0 Å². The Labute approximate surface area is 349 Å². The quantitative estimate of drug-likeness (QED) is 0.149. The third-order valence-corrected chi connectivity index (χ3v) is 10.3. The molecule has 0 bridgehead atoms. The van der Waals surface area contributed by atoms with Crippen LogP contribution in [-0.4, -0.2) is 95.6 Å². The number of nitrogens with one attached hydrogen (secondary N) is 1.